The van der Waals surface area contributed by atoms with Crippen molar-refractivity contribution in [2.75, 3.05) is 0 Å². The maximum atomic E-state index is 9.31. The van der Waals surface area contributed by atoms with E-state index in [1.54, 1.807) is 0 Å². The van der Waals surface area contributed by atoms with Gasteiger partial charge in [0, 0.05) is 25.1 Å². The number of fused-ring (bicyclic) bond motifs is 6. The molecule has 0 aliphatic heterocycles. The Balaban J connectivity index is 1.64. The highest BCUT2D eigenvalue weighted by Gasteiger charge is 2.29. The Bertz CT molecular complexity index is 2120. The highest BCUT2D eigenvalue weighted by atomic mass is 28.3. The van der Waals surface area contributed by atoms with E-state index in [9.17, 15) is 2.74 Å². The fourth-order valence-corrected chi connectivity index (χ4v) is 7.46. The van der Waals surface area contributed by atoms with E-state index in [0.717, 1.165) is 49.9 Å². The molecule has 6 aromatic rings. The number of benzene rings is 4. The second kappa shape index (κ2) is 9.54. The summed E-state index contributed by atoms with van der Waals surface area (Å²) >= 11 is 0. The maximum Gasteiger partial charge on any atom is 0.216 e. The summed E-state index contributed by atoms with van der Waals surface area (Å²) in [7, 11) is 0.649. The molecule has 0 N–H and O–H groups in total. The van der Waals surface area contributed by atoms with Gasteiger partial charge in [0.25, 0.3) is 0 Å². The average molecular weight is 575 g/mol. The Morgan fingerprint density at radius 2 is 1.45 bits per heavy atom. The van der Waals surface area contributed by atoms with Crippen LogP contribution in [-0.2, 0) is 18.8 Å². The van der Waals surface area contributed by atoms with Crippen molar-refractivity contribution in [3.05, 3.63) is 83.6 Å². The number of rotatable bonds is 3. The quantitative estimate of drug-likeness (QED) is 0.117. The third kappa shape index (κ3) is 4.96. The fraction of sp³-hybridized carbons (Fsp3) is 0.359. The first-order chi connectivity index (χ1) is 20.3. The molecule has 0 unspecified atom stereocenters. The smallest absolute Gasteiger partial charge is 0.216 e. The minimum atomic E-state index is -1.54. The topological polar surface area (TPSA) is 17.0 Å². The van der Waals surface area contributed by atoms with Crippen molar-refractivity contribution in [2.24, 2.45) is 12.5 Å². The maximum absolute atomic E-state index is 9.31. The first-order valence-electron chi connectivity index (χ1n) is 16.2. The van der Waals surface area contributed by atoms with E-state index in [1.165, 1.54) is 26.7 Å². The molecule has 0 saturated carbocycles. The van der Waals surface area contributed by atoms with Crippen molar-refractivity contribution in [3.8, 4) is 11.3 Å². The number of pyridine rings is 1. The molecule has 6 rings (SSSR count). The highest BCUT2D eigenvalue weighted by Crippen LogP contribution is 2.41. The van der Waals surface area contributed by atoms with Gasteiger partial charge >= 0.3 is 0 Å². The molecule has 2 heterocycles. The molecule has 3 heteroatoms. The van der Waals surface area contributed by atoms with E-state index in [1.807, 2.05) is 20.8 Å². The normalized spacial score (nSPS) is 14.3. The summed E-state index contributed by atoms with van der Waals surface area (Å²) in [4.78, 5) is 0. The second-order valence-electron chi connectivity index (χ2n) is 15.3. The molecular weight excluding hydrogens is 527 g/mol. The van der Waals surface area contributed by atoms with Crippen LogP contribution in [0.4, 0.5) is 0 Å². The van der Waals surface area contributed by atoms with Crippen LogP contribution in [0.25, 0.3) is 54.7 Å². The lowest BCUT2D eigenvalue weighted by molar-refractivity contribution is -0.661. The molecule has 2 nitrogen and oxygen atoms in total. The van der Waals surface area contributed by atoms with Crippen LogP contribution in [-0.4, -0.2) is 8.07 Å². The van der Waals surface area contributed by atoms with E-state index in [2.05, 4.69) is 126 Å². The van der Waals surface area contributed by atoms with Crippen LogP contribution >= 0.6 is 0 Å². The molecule has 216 valence electrons. The molecule has 0 amide bonds. The van der Waals surface area contributed by atoms with Crippen LogP contribution in [0.15, 0.2) is 71.3 Å². The van der Waals surface area contributed by atoms with Crippen molar-refractivity contribution < 1.29 is 11.7 Å². The van der Waals surface area contributed by atoms with Gasteiger partial charge in [0.2, 0.25) is 5.69 Å². The molecule has 0 saturated heterocycles. The van der Waals surface area contributed by atoms with Gasteiger partial charge < -0.3 is 4.42 Å². The SMILES string of the molecule is [2H]C([2H])(c1cc(-c2c(C)ccc3c2oc2cc4c(ccc5cc([Si](C)(C)C)ccc54)cc23)[n+](C)cc1C(C)(C)C)C(C)(C)C. The highest BCUT2D eigenvalue weighted by molar-refractivity contribution is 6.88. The Morgan fingerprint density at radius 3 is 2.10 bits per heavy atom. The largest absolute Gasteiger partial charge is 0.455 e. The number of hydrogen-bond donors (Lipinski definition) is 0. The molecule has 0 atom stereocenters. The Labute approximate surface area is 255 Å². The lowest BCUT2D eigenvalue weighted by Gasteiger charge is -2.26. The van der Waals surface area contributed by atoms with E-state index in [0.29, 0.717) is 0 Å². The van der Waals surface area contributed by atoms with Gasteiger partial charge in [-0.25, -0.2) is 4.57 Å². The molecule has 2 aromatic heterocycles. The number of nitrogens with zero attached hydrogens (tertiary/aromatic N) is 1. The number of furan rings is 1. The zero-order valence-corrected chi connectivity index (χ0v) is 28.2. The lowest BCUT2D eigenvalue weighted by atomic mass is 9.79. The Kier molecular flexibility index (Phi) is 5.95. The molecule has 0 aliphatic rings. The van der Waals surface area contributed by atoms with Gasteiger partial charge in [0.05, 0.1) is 13.6 Å². The van der Waals surface area contributed by atoms with Crippen LogP contribution in [0.2, 0.25) is 19.6 Å². The van der Waals surface area contributed by atoms with Crippen molar-refractivity contribution >= 4 is 56.7 Å². The van der Waals surface area contributed by atoms with E-state index < -0.39 is 19.9 Å². The monoisotopic (exact) mass is 574 g/mol. The zero-order chi connectivity index (χ0) is 32.1. The summed E-state index contributed by atoms with van der Waals surface area (Å²) < 4.78 is 27.6. The first kappa shape index (κ1) is 26.2. The van der Waals surface area contributed by atoms with Gasteiger partial charge in [-0.15, -0.1) is 0 Å². The molecule has 0 spiro atoms. The standard InChI is InChI=1S/C39H46NOSi/c1-24-12-16-30-32-19-26-14-13-25-18-28(42(9,10)11)15-17-29(25)31(26)21-35(32)41-37(30)36(24)34-20-27(22-38(2,3)4)33(23-40(34)8)39(5,6)7/h12-21,23H,22H2,1-11H3/q+1/i22D2. The van der Waals surface area contributed by atoms with Crippen molar-refractivity contribution in [1.29, 1.82) is 0 Å². The molecule has 4 aromatic carbocycles. The first-order valence-corrected chi connectivity index (χ1v) is 18.7. The number of aromatic nitrogens is 1. The second-order valence-corrected chi connectivity index (χ2v) is 20.4. The van der Waals surface area contributed by atoms with Gasteiger partial charge in [-0.2, -0.15) is 0 Å². The molecule has 0 aliphatic carbocycles. The third-order valence-corrected chi connectivity index (χ3v) is 10.6. The molecular formula is C39H46NOSi+. The summed E-state index contributed by atoms with van der Waals surface area (Å²) in [6.07, 6.45) is 0.590. The molecule has 0 radical (unpaired) electrons. The zero-order valence-electron chi connectivity index (χ0n) is 29.2. The molecule has 0 fully saturated rings. The molecule has 0 bridgehead atoms. The Hall–Kier alpha value is -3.43. The van der Waals surface area contributed by atoms with Gasteiger partial charge in [-0.1, -0.05) is 109 Å². The predicted octanol–water partition coefficient (Wildman–Crippen LogP) is 10.1. The van der Waals surface area contributed by atoms with E-state index in [4.69, 9.17) is 4.42 Å². The summed E-state index contributed by atoms with van der Waals surface area (Å²) in [6.45, 7) is 21.7. The average Bonchev–Trinajstić information content (AvgIpc) is 3.27. The number of hydrogen-bond acceptors (Lipinski definition) is 1. The van der Waals surface area contributed by atoms with Crippen molar-refractivity contribution in [2.45, 2.75) is 79.9 Å². The Morgan fingerprint density at radius 1 is 0.786 bits per heavy atom. The summed E-state index contributed by atoms with van der Waals surface area (Å²) in [5.74, 6) is 0. The summed E-state index contributed by atoms with van der Waals surface area (Å²) in [5, 5.41) is 8.59. The van der Waals surface area contributed by atoms with Crippen LogP contribution in [0.1, 0.15) is 61.0 Å². The van der Waals surface area contributed by atoms with Gasteiger partial charge in [-0.3, -0.25) is 0 Å². The van der Waals surface area contributed by atoms with Crippen molar-refractivity contribution in [3.63, 3.8) is 0 Å². The summed E-state index contributed by atoms with van der Waals surface area (Å²) in [6, 6.07) is 22.4. The lowest BCUT2D eigenvalue weighted by Crippen LogP contribution is -2.37. The predicted molar refractivity (Wildman–Crippen MR) is 185 cm³/mol. The van der Waals surface area contributed by atoms with Crippen molar-refractivity contribution in [1.82, 2.24) is 0 Å². The van der Waals surface area contributed by atoms with Crippen LogP contribution in [0.5, 0.6) is 0 Å². The minimum Gasteiger partial charge on any atom is -0.455 e. The third-order valence-electron chi connectivity index (χ3n) is 8.52. The summed E-state index contributed by atoms with van der Waals surface area (Å²) in [5.41, 5.74) is 5.77. The number of aryl methyl sites for hydroxylation is 2. The van der Waals surface area contributed by atoms with Crippen LogP contribution in [0.3, 0.4) is 0 Å². The van der Waals surface area contributed by atoms with E-state index in [-0.39, 0.29) is 5.41 Å². The van der Waals surface area contributed by atoms with E-state index >= 15 is 0 Å². The van der Waals surface area contributed by atoms with Gasteiger partial charge in [-0.05, 0) is 68.9 Å². The molecule has 42 heavy (non-hydrogen) atoms. The van der Waals surface area contributed by atoms with Gasteiger partial charge in [0.1, 0.15) is 18.2 Å². The fourth-order valence-electron chi connectivity index (χ4n) is 6.28. The van der Waals surface area contributed by atoms with Crippen LogP contribution < -0.4 is 9.75 Å². The minimum absolute atomic E-state index is 0.219. The van der Waals surface area contributed by atoms with Gasteiger partial charge in [0.15, 0.2) is 6.20 Å². The van der Waals surface area contributed by atoms with Crippen LogP contribution in [0, 0.1) is 12.3 Å².